The van der Waals surface area contributed by atoms with Crippen molar-refractivity contribution in [3.63, 3.8) is 0 Å². The van der Waals surface area contributed by atoms with Gasteiger partial charge in [-0.05, 0) is 38.5 Å². The molecule has 0 spiro atoms. The average molecular weight is 302 g/mol. The molecule has 5 heteroatoms. The van der Waals surface area contributed by atoms with E-state index in [1.807, 2.05) is 0 Å². The molecule has 0 aromatic carbocycles. The van der Waals surface area contributed by atoms with Crippen molar-refractivity contribution in [3.05, 3.63) is 0 Å². The summed E-state index contributed by atoms with van der Waals surface area (Å²) in [5, 5.41) is 3.79. The smallest absolute Gasteiger partial charge is 0.148 e. The van der Waals surface area contributed by atoms with Gasteiger partial charge in [0, 0.05) is 37.0 Å². The maximum atomic E-state index is 11.5. The van der Waals surface area contributed by atoms with Crippen LogP contribution < -0.4 is 5.32 Å². The Morgan fingerprint density at radius 2 is 1.85 bits per heavy atom. The number of hydrogen-bond donors (Lipinski definition) is 1. The fourth-order valence-electron chi connectivity index (χ4n) is 3.63. The van der Waals surface area contributed by atoms with Gasteiger partial charge < -0.3 is 5.32 Å². The number of nitrogens with zero attached hydrogens (tertiary/aromatic N) is 1. The molecular weight excluding hydrogens is 272 g/mol. The fraction of sp³-hybridized carbons (Fsp3) is 1.00. The first-order valence-electron chi connectivity index (χ1n) is 7.92. The van der Waals surface area contributed by atoms with Crippen LogP contribution in [0.1, 0.15) is 46.5 Å². The highest BCUT2D eigenvalue weighted by molar-refractivity contribution is 7.90. The van der Waals surface area contributed by atoms with Crippen molar-refractivity contribution in [3.8, 4) is 0 Å². The van der Waals surface area contributed by atoms with Gasteiger partial charge in [-0.15, -0.1) is 0 Å². The van der Waals surface area contributed by atoms with Crippen molar-refractivity contribution in [2.24, 2.45) is 5.92 Å². The minimum atomic E-state index is -2.89. The Bertz CT molecular complexity index is 441. The molecule has 0 bridgehead atoms. The molecule has 4 nitrogen and oxygen atoms in total. The third-order valence-electron chi connectivity index (χ3n) is 5.54. The van der Waals surface area contributed by atoms with Gasteiger partial charge in [0.2, 0.25) is 0 Å². The fourth-order valence-corrected chi connectivity index (χ4v) is 4.18. The summed E-state index contributed by atoms with van der Waals surface area (Å²) in [4.78, 5) is 2.46. The highest BCUT2D eigenvalue weighted by Gasteiger charge is 2.49. The molecule has 20 heavy (non-hydrogen) atoms. The largest absolute Gasteiger partial charge is 0.308 e. The monoisotopic (exact) mass is 302 g/mol. The van der Waals surface area contributed by atoms with Gasteiger partial charge in [-0.2, -0.15) is 0 Å². The molecule has 1 N–H and O–H groups in total. The second-order valence-corrected chi connectivity index (χ2v) is 9.29. The summed E-state index contributed by atoms with van der Waals surface area (Å²) in [5.74, 6) is 1.05. The van der Waals surface area contributed by atoms with Crippen molar-refractivity contribution < 1.29 is 8.42 Å². The van der Waals surface area contributed by atoms with Gasteiger partial charge in [0.15, 0.2) is 0 Å². The van der Waals surface area contributed by atoms with E-state index in [2.05, 4.69) is 31.0 Å². The third-order valence-corrected chi connectivity index (χ3v) is 6.46. The van der Waals surface area contributed by atoms with Crippen molar-refractivity contribution in [1.29, 1.82) is 0 Å². The molecule has 1 saturated heterocycles. The summed E-state index contributed by atoms with van der Waals surface area (Å²) in [5.41, 5.74) is 0.296. The number of hydrogen-bond acceptors (Lipinski definition) is 4. The normalized spacial score (nSPS) is 31.4. The SMILES string of the molecule is CCC1(CC)CNC(C)(C2CC2)CN1CCS(C)(=O)=O. The Morgan fingerprint density at radius 1 is 1.25 bits per heavy atom. The molecule has 0 radical (unpaired) electrons. The van der Waals surface area contributed by atoms with Gasteiger partial charge in [-0.3, -0.25) is 4.90 Å². The lowest BCUT2D eigenvalue weighted by molar-refractivity contribution is 0.00124. The second kappa shape index (κ2) is 5.58. The van der Waals surface area contributed by atoms with E-state index in [0.29, 0.717) is 6.54 Å². The quantitative estimate of drug-likeness (QED) is 0.811. The van der Waals surface area contributed by atoms with Crippen LogP contribution in [0.25, 0.3) is 0 Å². The summed E-state index contributed by atoms with van der Waals surface area (Å²) in [6.45, 7) is 9.39. The molecule has 2 aliphatic rings. The molecule has 0 aromatic heterocycles. The summed E-state index contributed by atoms with van der Waals surface area (Å²) in [7, 11) is -2.89. The van der Waals surface area contributed by atoms with E-state index in [1.54, 1.807) is 0 Å². The third kappa shape index (κ3) is 3.37. The predicted octanol–water partition coefficient (Wildman–Crippen LogP) is 1.66. The van der Waals surface area contributed by atoms with Gasteiger partial charge in [0.05, 0.1) is 5.75 Å². The summed E-state index contributed by atoms with van der Waals surface area (Å²) in [6.07, 6.45) is 6.11. The summed E-state index contributed by atoms with van der Waals surface area (Å²) < 4.78 is 23.1. The van der Waals surface area contributed by atoms with Gasteiger partial charge in [0.25, 0.3) is 0 Å². The number of rotatable bonds is 6. The van der Waals surface area contributed by atoms with Crippen LogP contribution in [-0.2, 0) is 9.84 Å². The van der Waals surface area contributed by atoms with Gasteiger partial charge in [-0.1, -0.05) is 13.8 Å². The lowest BCUT2D eigenvalue weighted by atomic mass is 9.82. The highest BCUT2D eigenvalue weighted by Crippen LogP contribution is 2.43. The Hall–Kier alpha value is -0.130. The van der Waals surface area contributed by atoms with Gasteiger partial charge in [-0.25, -0.2) is 8.42 Å². The van der Waals surface area contributed by atoms with E-state index >= 15 is 0 Å². The van der Waals surface area contributed by atoms with Crippen molar-refractivity contribution in [2.75, 3.05) is 31.6 Å². The number of nitrogens with one attached hydrogen (secondary N) is 1. The number of piperazine rings is 1. The first-order chi connectivity index (χ1) is 9.25. The van der Waals surface area contributed by atoms with Crippen LogP contribution in [0.3, 0.4) is 0 Å². The zero-order valence-corrected chi connectivity index (χ0v) is 14.2. The molecule has 0 amide bonds. The van der Waals surface area contributed by atoms with E-state index in [1.165, 1.54) is 19.1 Å². The van der Waals surface area contributed by atoms with E-state index in [9.17, 15) is 8.42 Å². The van der Waals surface area contributed by atoms with E-state index in [0.717, 1.165) is 31.8 Å². The van der Waals surface area contributed by atoms with Gasteiger partial charge in [0.1, 0.15) is 9.84 Å². The van der Waals surface area contributed by atoms with Crippen LogP contribution in [0.15, 0.2) is 0 Å². The van der Waals surface area contributed by atoms with Crippen molar-refractivity contribution in [1.82, 2.24) is 10.2 Å². The molecular formula is C15H30N2O2S. The summed E-state index contributed by atoms with van der Waals surface area (Å²) in [6, 6.07) is 0. The maximum absolute atomic E-state index is 11.5. The van der Waals surface area contributed by atoms with E-state index in [-0.39, 0.29) is 16.8 Å². The zero-order valence-electron chi connectivity index (χ0n) is 13.4. The lowest BCUT2D eigenvalue weighted by Crippen LogP contribution is -2.70. The minimum absolute atomic E-state index is 0.124. The van der Waals surface area contributed by atoms with Crippen LogP contribution >= 0.6 is 0 Å². The Balaban J connectivity index is 2.14. The Morgan fingerprint density at radius 3 is 2.30 bits per heavy atom. The zero-order chi connectivity index (χ0) is 15.0. The van der Waals surface area contributed by atoms with Crippen LogP contribution in [0.2, 0.25) is 0 Å². The van der Waals surface area contributed by atoms with Gasteiger partial charge >= 0.3 is 0 Å². The van der Waals surface area contributed by atoms with E-state index in [4.69, 9.17) is 0 Å². The molecule has 1 saturated carbocycles. The topological polar surface area (TPSA) is 49.4 Å². The molecule has 1 aliphatic heterocycles. The first kappa shape index (κ1) is 16.2. The number of sulfone groups is 1. The minimum Gasteiger partial charge on any atom is -0.308 e. The van der Waals surface area contributed by atoms with Crippen LogP contribution in [0.5, 0.6) is 0 Å². The van der Waals surface area contributed by atoms with Crippen LogP contribution in [0.4, 0.5) is 0 Å². The predicted molar refractivity (Wildman–Crippen MR) is 83.7 cm³/mol. The average Bonchev–Trinajstić information content (AvgIpc) is 3.21. The standard InChI is InChI=1S/C15H30N2O2S/c1-5-15(6-2)11-16-14(3,13-7-8-13)12-17(15)9-10-20(4,18)19/h13,16H,5-12H2,1-4H3. The maximum Gasteiger partial charge on any atom is 0.148 e. The van der Waals surface area contributed by atoms with E-state index < -0.39 is 9.84 Å². The second-order valence-electron chi connectivity index (χ2n) is 7.03. The molecule has 1 aliphatic carbocycles. The molecule has 1 atom stereocenters. The van der Waals surface area contributed by atoms with Crippen LogP contribution in [0, 0.1) is 5.92 Å². The molecule has 2 rings (SSSR count). The molecule has 2 fully saturated rings. The van der Waals surface area contributed by atoms with Crippen molar-refractivity contribution in [2.45, 2.75) is 57.5 Å². The highest BCUT2D eigenvalue weighted by atomic mass is 32.2. The molecule has 1 heterocycles. The Labute approximate surface area is 124 Å². The molecule has 0 aromatic rings. The lowest BCUT2D eigenvalue weighted by Gasteiger charge is -2.54. The van der Waals surface area contributed by atoms with Crippen LogP contribution in [-0.4, -0.2) is 56.0 Å². The molecule has 118 valence electrons. The summed E-state index contributed by atoms with van der Waals surface area (Å²) >= 11 is 0. The van der Waals surface area contributed by atoms with Crippen molar-refractivity contribution >= 4 is 9.84 Å². The Kier molecular flexibility index (Phi) is 4.53. The molecule has 1 unspecified atom stereocenters. The first-order valence-corrected chi connectivity index (χ1v) is 9.98.